The first kappa shape index (κ1) is 12.9. The van der Waals surface area contributed by atoms with Gasteiger partial charge in [0.25, 0.3) is 0 Å². The molecule has 0 atom stereocenters. The molecule has 3 amide bonds. The van der Waals surface area contributed by atoms with Gasteiger partial charge in [0.2, 0.25) is 5.91 Å². The Morgan fingerprint density at radius 1 is 1.19 bits per heavy atom. The third kappa shape index (κ3) is 4.56. The fourth-order valence-electron chi connectivity index (χ4n) is 1.69. The number of imide groups is 1. The van der Waals surface area contributed by atoms with Gasteiger partial charge in [0.05, 0.1) is 13.2 Å². The van der Waals surface area contributed by atoms with E-state index in [1.165, 1.54) is 0 Å². The Morgan fingerprint density at radius 3 is 2.25 bits per heavy atom. The first-order chi connectivity index (χ1) is 7.61. The number of urea groups is 1. The molecule has 0 unspecified atom stereocenters. The van der Waals surface area contributed by atoms with Crippen LogP contribution in [0, 0.1) is 0 Å². The number of piperazine rings is 1. The van der Waals surface area contributed by atoms with Crippen LogP contribution in [0.4, 0.5) is 4.79 Å². The number of aliphatic hydroxyl groups excluding tert-OH is 1. The molecule has 7 nitrogen and oxygen atoms in total. The molecular weight excluding hydrogens is 212 g/mol. The lowest BCUT2D eigenvalue weighted by Gasteiger charge is -2.33. The summed E-state index contributed by atoms with van der Waals surface area (Å²) in [6, 6.07) is -0.816. The Labute approximate surface area is 94.2 Å². The number of aliphatic hydroxyl groups is 1. The summed E-state index contributed by atoms with van der Waals surface area (Å²) in [5.74, 6) is -0.372. The molecule has 1 aliphatic rings. The number of primary amides is 1. The number of hydrogen-bond acceptors (Lipinski definition) is 5. The number of nitrogens with two attached hydrogens (primary N) is 1. The number of amides is 3. The van der Waals surface area contributed by atoms with Gasteiger partial charge in [-0.25, -0.2) is 4.79 Å². The van der Waals surface area contributed by atoms with Gasteiger partial charge in [-0.3, -0.25) is 19.9 Å². The molecule has 1 heterocycles. The highest BCUT2D eigenvalue weighted by Crippen LogP contribution is 2.00. The average molecular weight is 230 g/mol. The number of rotatable bonds is 4. The van der Waals surface area contributed by atoms with E-state index in [1.807, 2.05) is 10.2 Å². The normalized spacial score (nSPS) is 18.3. The molecule has 4 N–H and O–H groups in total. The lowest BCUT2D eigenvalue weighted by Crippen LogP contribution is -2.50. The van der Waals surface area contributed by atoms with E-state index in [9.17, 15) is 9.59 Å². The summed E-state index contributed by atoms with van der Waals surface area (Å²) in [7, 11) is 0. The maximum atomic E-state index is 11.2. The highest BCUT2D eigenvalue weighted by atomic mass is 16.3. The highest BCUT2D eigenvalue weighted by molar-refractivity contribution is 5.94. The summed E-state index contributed by atoms with van der Waals surface area (Å²) >= 11 is 0. The molecule has 7 heteroatoms. The van der Waals surface area contributed by atoms with Gasteiger partial charge >= 0.3 is 6.03 Å². The molecule has 0 aromatic carbocycles. The zero-order chi connectivity index (χ0) is 12.0. The van der Waals surface area contributed by atoms with Crippen LogP contribution in [0.3, 0.4) is 0 Å². The minimum atomic E-state index is -0.816. The summed E-state index contributed by atoms with van der Waals surface area (Å²) in [6.45, 7) is 4.17. The van der Waals surface area contributed by atoms with Crippen LogP contribution in [0.15, 0.2) is 0 Å². The zero-order valence-electron chi connectivity index (χ0n) is 9.19. The van der Waals surface area contributed by atoms with Crippen molar-refractivity contribution < 1.29 is 14.7 Å². The lowest BCUT2D eigenvalue weighted by molar-refractivity contribution is -0.121. The van der Waals surface area contributed by atoms with Crippen LogP contribution in [0.1, 0.15) is 0 Å². The number of hydrogen-bond donors (Lipinski definition) is 3. The van der Waals surface area contributed by atoms with Crippen LogP contribution < -0.4 is 11.1 Å². The Kier molecular flexibility index (Phi) is 5.17. The van der Waals surface area contributed by atoms with Crippen LogP contribution in [-0.2, 0) is 4.79 Å². The SMILES string of the molecule is NC(=O)NC(=O)CN1CCN(CCO)CC1. The third-order valence-corrected chi connectivity index (χ3v) is 2.51. The quantitative estimate of drug-likeness (QED) is 0.508. The molecule has 92 valence electrons. The van der Waals surface area contributed by atoms with Gasteiger partial charge in [0, 0.05) is 32.7 Å². The second kappa shape index (κ2) is 6.41. The molecule has 0 radical (unpaired) electrons. The van der Waals surface area contributed by atoms with Crippen molar-refractivity contribution in [3.8, 4) is 0 Å². The van der Waals surface area contributed by atoms with Gasteiger partial charge in [0.15, 0.2) is 0 Å². The topological polar surface area (TPSA) is 98.9 Å². The second-order valence-corrected chi connectivity index (χ2v) is 3.75. The molecule has 1 rings (SSSR count). The second-order valence-electron chi connectivity index (χ2n) is 3.75. The van der Waals surface area contributed by atoms with E-state index in [4.69, 9.17) is 10.8 Å². The smallest absolute Gasteiger partial charge is 0.318 e. The van der Waals surface area contributed by atoms with Crippen LogP contribution >= 0.6 is 0 Å². The van der Waals surface area contributed by atoms with E-state index >= 15 is 0 Å². The van der Waals surface area contributed by atoms with Crippen LogP contribution in [0.25, 0.3) is 0 Å². The van der Waals surface area contributed by atoms with Gasteiger partial charge in [-0.05, 0) is 0 Å². The van der Waals surface area contributed by atoms with E-state index in [-0.39, 0.29) is 19.1 Å². The minimum absolute atomic E-state index is 0.155. The van der Waals surface area contributed by atoms with Crippen molar-refractivity contribution in [2.75, 3.05) is 45.9 Å². The predicted octanol–water partition coefficient (Wildman–Crippen LogP) is -2.21. The number of β-amino-alcohol motifs (C(OH)–C–C–N with tert-alkyl or cyclic N) is 1. The maximum absolute atomic E-state index is 11.2. The molecular formula is C9H18N4O3. The van der Waals surface area contributed by atoms with E-state index in [0.717, 1.165) is 26.2 Å². The molecule has 0 aliphatic carbocycles. The van der Waals surface area contributed by atoms with E-state index in [2.05, 4.69) is 4.90 Å². The van der Waals surface area contributed by atoms with Gasteiger partial charge in [-0.15, -0.1) is 0 Å². The van der Waals surface area contributed by atoms with Gasteiger partial charge in [-0.2, -0.15) is 0 Å². The van der Waals surface area contributed by atoms with Crippen LogP contribution in [0.2, 0.25) is 0 Å². The number of nitrogens with one attached hydrogen (secondary N) is 1. The maximum Gasteiger partial charge on any atom is 0.318 e. The Balaban J connectivity index is 2.21. The van der Waals surface area contributed by atoms with E-state index in [0.29, 0.717) is 6.54 Å². The number of carbonyl (C=O) groups excluding carboxylic acids is 2. The fraction of sp³-hybridized carbons (Fsp3) is 0.778. The van der Waals surface area contributed by atoms with Crippen molar-refractivity contribution in [2.24, 2.45) is 5.73 Å². The molecule has 0 spiro atoms. The molecule has 1 fully saturated rings. The predicted molar refractivity (Wildman–Crippen MR) is 57.7 cm³/mol. The molecule has 0 aromatic rings. The van der Waals surface area contributed by atoms with Gasteiger partial charge < -0.3 is 10.8 Å². The van der Waals surface area contributed by atoms with Crippen molar-refractivity contribution >= 4 is 11.9 Å². The van der Waals surface area contributed by atoms with E-state index in [1.54, 1.807) is 0 Å². The molecule has 16 heavy (non-hydrogen) atoms. The Morgan fingerprint density at radius 2 is 1.75 bits per heavy atom. The average Bonchev–Trinajstić information content (AvgIpc) is 2.20. The minimum Gasteiger partial charge on any atom is -0.395 e. The fourth-order valence-corrected chi connectivity index (χ4v) is 1.69. The summed E-state index contributed by atoms with van der Waals surface area (Å²) in [4.78, 5) is 25.7. The first-order valence-electron chi connectivity index (χ1n) is 5.26. The lowest BCUT2D eigenvalue weighted by atomic mass is 10.3. The Bertz CT molecular complexity index is 251. The number of carbonyl (C=O) groups is 2. The highest BCUT2D eigenvalue weighted by Gasteiger charge is 2.18. The van der Waals surface area contributed by atoms with E-state index < -0.39 is 6.03 Å². The third-order valence-electron chi connectivity index (χ3n) is 2.51. The molecule has 0 saturated carbocycles. The van der Waals surface area contributed by atoms with Gasteiger partial charge in [-0.1, -0.05) is 0 Å². The summed E-state index contributed by atoms with van der Waals surface area (Å²) in [6.07, 6.45) is 0. The standard InChI is InChI=1S/C9H18N4O3/c10-9(16)11-8(15)7-13-3-1-12(2-4-13)5-6-14/h14H,1-7H2,(H3,10,11,15,16). The molecule has 0 bridgehead atoms. The van der Waals surface area contributed by atoms with Crippen LogP contribution in [-0.4, -0.2) is 72.7 Å². The molecule has 0 aromatic heterocycles. The largest absolute Gasteiger partial charge is 0.395 e. The van der Waals surface area contributed by atoms with Gasteiger partial charge in [0.1, 0.15) is 0 Å². The summed E-state index contributed by atoms with van der Waals surface area (Å²) in [5.41, 5.74) is 4.83. The van der Waals surface area contributed by atoms with Crippen molar-refractivity contribution in [1.82, 2.24) is 15.1 Å². The Hall–Kier alpha value is -1.18. The van der Waals surface area contributed by atoms with Crippen molar-refractivity contribution in [3.63, 3.8) is 0 Å². The van der Waals surface area contributed by atoms with Crippen molar-refractivity contribution in [1.29, 1.82) is 0 Å². The summed E-state index contributed by atoms with van der Waals surface area (Å²) in [5, 5.41) is 10.8. The van der Waals surface area contributed by atoms with Crippen molar-refractivity contribution in [3.05, 3.63) is 0 Å². The van der Waals surface area contributed by atoms with Crippen LogP contribution in [0.5, 0.6) is 0 Å². The molecule has 1 saturated heterocycles. The molecule has 1 aliphatic heterocycles. The summed E-state index contributed by atoms with van der Waals surface area (Å²) < 4.78 is 0. The zero-order valence-corrected chi connectivity index (χ0v) is 9.19. The first-order valence-corrected chi connectivity index (χ1v) is 5.26. The monoisotopic (exact) mass is 230 g/mol. The van der Waals surface area contributed by atoms with Crippen molar-refractivity contribution in [2.45, 2.75) is 0 Å². The number of nitrogens with zero attached hydrogens (tertiary/aromatic N) is 2.